The number of benzene rings is 1. The molecule has 0 aliphatic heterocycles. The lowest BCUT2D eigenvalue weighted by molar-refractivity contribution is 0.253. The molecule has 1 aliphatic carbocycles. The number of nitrogens with one attached hydrogen (secondary N) is 1. The highest BCUT2D eigenvalue weighted by atomic mass is 16.5. The van der Waals surface area contributed by atoms with E-state index >= 15 is 0 Å². The summed E-state index contributed by atoms with van der Waals surface area (Å²) in [7, 11) is 2.03. The molecule has 17 heavy (non-hydrogen) atoms. The van der Waals surface area contributed by atoms with E-state index in [0.29, 0.717) is 6.04 Å². The van der Waals surface area contributed by atoms with Crippen molar-refractivity contribution in [1.82, 2.24) is 5.32 Å². The van der Waals surface area contributed by atoms with E-state index in [1.165, 1.54) is 29.5 Å². The molecule has 0 radical (unpaired) electrons. The second-order valence-electron chi connectivity index (χ2n) is 5.27. The van der Waals surface area contributed by atoms with Gasteiger partial charge in [0.05, 0.1) is 0 Å². The van der Waals surface area contributed by atoms with Crippen LogP contribution < -0.4 is 10.1 Å². The van der Waals surface area contributed by atoms with E-state index in [1.54, 1.807) is 0 Å². The molecule has 1 N–H and O–H groups in total. The van der Waals surface area contributed by atoms with E-state index < -0.39 is 0 Å². The number of rotatable bonds is 5. The molecule has 0 amide bonds. The molecule has 1 aromatic rings. The number of likely N-dealkylation sites (N-methyl/N-ethyl adjacent to an activating group) is 1. The predicted molar refractivity (Wildman–Crippen MR) is 71.7 cm³/mol. The summed E-state index contributed by atoms with van der Waals surface area (Å²) in [5, 5.41) is 3.36. The number of aryl methyl sites for hydroxylation is 3. The minimum Gasteiger partial charge on any atom is -0.491 e. The normalized spacial score (nSPS) is 16.9. The van der Waals surface area contributed by atoms with Crippen LogP contribution in [0.25, 0.3) is 0 Å². The Kier molecular flexibility index (Phi) is 3.72. The molecule has 2 heteroatoms. The van der Waals surface area contributed by atoms with Gasteiger partial charge in [0.2, 0.25) is 0 Å². The summed E-state index contributed by atoms with van der Waals surface area (Å²) < 4.78 is 6.01. The Hall–Kier alpha value is -1.02. The van der Waals surface area contributed by atoms with Gasteiger partial charge in [-0.2, -0.15) is 0 Å². The van der Waals surface area contributed by atoms with Crippen molar-refractivity contribution in [3.63, 3.8) is 0 Å². The van der Waals surface area contributed by atoms with Crippen LogP contribution in [-0.4, -0.2) is 19.7 Å². The third-order valence-corrected chi connectivity index (χ3v) is 3.57. The Morgan fingerprint density at radius 2 is 1.82 bits per heavy atom. The highest BCUT2D eigenvalue weighted by Crippen LogP contribution is 2.33. The van der Waals surface area contributed by atoms with Crippen molar-refractivity contribution in [1.29, 1.82) is 0 Å². The maximum atomic E-state index is 6.01. The first-order chi connectivity index (χ1) is 8.11. The Morgan fingerprint density at radius 3 is 2.29 bits per heavy atom. The first-order valence-corrected chi connectivity index (χ1v) is 6.49. The average Bonchev–Trinajstić information content (AvgIpc) is 3.06. The van der Waals surface area contributed by atoms with Gasteiger partial charge in [0.1, 0.15) is 12.4 Å². The van der Waals surface area contributed by atoms with Crippen molar-refractivity contribution in [2.75, 3.05) is 13.7 Å². The smallest absolute Gasteiger partial charge is 0.125 e. The number of hydrogen-bond acceptors (Lipinski definition) is 2. The molecule has 2 nitrogen and oxygen atoms in total. The zero-order chi connectivity index (χ0) is 12.4. The van der Waals surface area contributed by atoms with Crippen molar-refractivity contribution < 1.29 is 4.74 Å². The fourth-order valence-electron chi connectivity index (χ4n) is 2.52. The summed E-state index contributed by atoms with van der Waals surface area (Å²) in [6, 6.07) is 4.89. The van der Waals surface area contributed by atoms with Gasteiger partial charge in [0, 0.05) is 6.04 Å². The molecule has 1 saturated carbocycles. The van der Waals surface area contributed by atoms with Crippen molar-refractivity contribution in [2.45, 2.75) is 39.7 Å². The molecular formula is C15H23NO. The Balaban J connectivity index is 2.02. The minimum atomic E-state index is 0.509. The highest BCUT2D eigenvalue weighted by molar-refractivity contribution is 5.42. The summed E-state index contributed by atoms with van der Waals surface area (Å²) >= 11 is 0. The monoisotopic (exact) mass is 233 g/mol. The van der Waals surface area contributed by atoms with Gasteiger partial charge < -0.3 is 10.1 Å². The summed E-state index contributed by atoms with van der Waals surface area (Å²) in [6.07, 6.45) is 2.70. The average molecular weight is 233 g/mol. The lowest BCUT2D eigenvalue weighted by atomic mass is 10.1. The van der Waals surface area contributed by atoms with Crippen molar-refractivity contribution in [2.24, 2.45) is 5.92 Å². The standard InChI is InChI=1S/C15H23NO/c1-10-7-11(2)15(12(3)8-10)17-9-14(16-4)13-5-6-13/h7-8,13-14,16H,5-6,9H2,1-4H3. The molecule has 0 spiro atoms. The molecule has 2 rings (SSSR count). The first-order valence-electron chi connectivity index (χ1n) is 6.49. The molecular weight excluding hydrogens is 210 g/mol. The second kappa shape index (κ2) is 5.09. The highest BCUT2D eigenvalue weighted by Gasteiger charge is 2.30. The van der Waals surface area contributed by atoms with E-state index in [4.69, 9.17) is 4.74 Å². The molecule has 1 fully saturated rings. The van der Waals surface area contributed by atoms with Crippen LogP contribution in [0.5, 0.6) is 5.75 Å². The van der Waals surface area contributed by atoms with Crippen LogP contribution in [0.15, 0.2) is 12.1 Å². The molecule has 1 aliphatic rings. The van der Waals surface area contributed by atoms with Gasteiger partial charge in [-0.15, -0.1) is 0 Å². The Labute approximate surface area is 104 Å². The molecule has 94 valence electrons. The maximum absolute atomic E-state index is 6.01. The van der Waals surface area contributed by atoms with E-state index in [-0.39, 0.29) is 0 Å². The quantitative estimate of drug-likeness (QED) is 0.844. The van der Waals surface area contributed by atoms with Crippen LogP contribution in [0.4, 0.5) is 0 Å². The topological polar surface area (TPSA) is 21.3 Å². The van der Waals surface area contributed by atoms with Gasteiger partial charge in [-0.05, 0) is 57.7 Å². The van der Waals surface area contributed by atoms with Gasteiger partial charge in [-0.1, -0.05) is 17.7 Å². The zero-order valence-corrected chi connectivity index (χ0v) is 11.3. The van der Waals surface area contributed by atoms with Crippen LogP contribution >= 0.6 is 0 Å². The third kappa shape index (κ3) is 3.01. The van der Waals surface area contributed by atoms with Gasteiger partial charge in [-0.25, -0.2) is 0 Å². The maximum Gasteiger partial charge on any atom is 0.125 e. The zero-order valence-electron chi connectivity index (χ0n) is 11.3. The van der Waals surface area contributed by atoms with Gasteiger partial charge >= 0.3 is 0 Å². The molecule has 1 aromatic carbocycles. The molecule has 0 aromatic heterocycles. The van der Waals surface area contributed by atoms with Crippen LogP contribution in [0.3, 0.4) is 0 Å². The fourth-order valence-corrected chi connectivity index (χ4v) is 2.52. The second-order valence-corrected chi connectivity index (χ2v) is 5.27. The summed E-state index contributed by atoms with van der Waals surface area (Å²) in [4.78, 5) is 0. The van der Waals surface area contributed by atoms with E-state index in [9.17, 15) is 0 Å². The van der Waals surface area contributed by atoms with E-state index in [1.807, 2.05) is 7.05 Å². The van der Waals surface area contributed by atoms with Crippen LogP contribution in [0.2, 0.25) is 0 Å². The first kappa shape index (κ1) is 12.4. The minimum absolute atomic E-state index is 0.509. The van der Waals surface area contributed by atoms with Crippen molar-refractivity contribution >= 4 is 0 Å². The van der Waals surface area contributed by atoms with E-state index in [0.717, 1.165) is 18.3 Å². The Bertz CT molecular complexity index is 373. The fraction of sp³-hybridized carbons (Fsp3) is 0.600. The summed E-state index contributed by atoms with van der Waals surface area (Å²) in [5.41, 5.74) is 3.79. The van der Waals surface area contributed by atoms with Crippen molar-refractivity contribution in [3.8, 4) is 5.75 Å². The van der Waals surface area contributed by atoms with Gasteiger partial charge in [0.15, 0.2) is 0 Å². The largest absolute Gasteiger partial charge is 0.491 e. The van der Waals surface area contributed by atoms with Crippen LogP contribution in [0.1, 0.15) is 29.5 Å². The molecule has 1 unspecified atom stereocenters. The summed E-state index contributed by atoms with van der Waals surface area (Å²) in [5.74, 6) is 1.89. The molecule has 0 heterocycles. The molecule has 0 saturated heterocycles. The van der Waals surface area contributed by atoms with Crippen LogP contribution in [-0.2, 0) is 0 Å². The van der Waals surface area contributed by atoms with Crippen LogP contribution in [0, 0.1) is 26.7 Å². The van der Waals surface area contributed by atoms with E-state index in [2.05, 4.69) is 38.2 Å². The Morgan fingerprint density at radius 1 is 1.24 bits per heavy atom. The van der Waals surface area contributed by atoms with Gasteiger partial charge in [-0.3, -0.25) is 0 Å². The number of hydrogen-bond donors (Lipinski definition) is 1. The van der Waals surface area contributed by atoms with Crippen molar-refractivity contribution in [3.05, 3.63) is 28.8 Å². The predicted octanol–water partition coefficient (Wildman–Crippen LogP) is 2.99. The number of ether oxygens (including phenoxy) is 1. The third-order valence-electron chi connectivity index (χ3n) is 3.57. The molecule has 1 atom stereocenters. The lowest BCUT2D eigenvalue weighted by Crippen LogP contribution is -2.33. The lowest BCUT2D eigenvalue weighted by Gasteiger charge is -2.19. The molecule has 0 bridgehead atoms. The summed E-state index contributed by atoms with van der Waals surface area (Å²) in [6.45, 7) is 7.16. The SMILES string of the molecule is CNC(COc1c(C)cc(C)cc1C)C1CC1. The van der Waals surface area contributed by atoms with Gasteiger partial charge in [0.25, 0.3) is 0 Å².